The van der Waals surface area contributed by atoms with Crippen LogP contribution in [-0.4, -0.2) is 19.5 Å². The molecule has 18 heavy (non-hydrogen) atoms. The van der Waals surface area contributed by atoms with E-state index in [9.17, 15) is 0 Å². The number of imidazole rings is 1. The maximum Gasteiger partial charge on any atom is 0.145 e. The number of nitrogens with zero attached hydrogens (tertiary/aromatic N) is 4. The Morgan fingerprint density at radius 3 is 2.89 bits per heavy atom. The molecule has 0 unspecified atom stereocenters. The van der Waals surface area contributed by atoms with E-state index in [1.807, 2.05) is 35.8 Å². The zero-order valence-electron chi connectivity index (χ0n) is 9.83. The van der Waals surface area contributed by atoms with Crippen LogP contribution in [0.4, 0.5) is 5.82 Å². The van der Waals surface area contributed by atoms with Crippen molar-refractivity contribution >= 4 is 16.9 Å². The molecule has 2 aromatic heterocycles. The van der Waals surface area contributed by atoms with Crippen molar-refractivity contribution < 1.29 is 0 Å². The lowest BCUT2D eigenvalue weighted by atomic mass is 10.3. The van der Waals surface area contributed by atoms with Gasteiger partial charge in [0.2, 0.25) is 0 Å². The van der Waals surface area contributed by atoms with Crippen molar-refractivity contribution in [1.82, 2.24) is 19.5 Å². The molecule has 90 valence electrons. The van der Waals surface area contributed by atoms with Crippen LogP contribution in [0.5, 0.6) is 0 Å². The number of nitrogens with two attached hydrogens (primary N) is 1. The second-order valence-corrected chi connectivity index (χ2v) is 3.91. The molecule has 0 radical (unpaired) electrons. The van der Waals surface area contributed by atoms with E-state index in [0.717, 1.165) is 16.9 Å². The highest BCUT2D eigenvalue weighted by molar-refractivity contribution is 5.76. The van der Waals surface area contributed by atoms with Gasteiger partial charge in [0.25, 0.3) is 0 Å². The van der Waals surface area contributed by atoms with E-state index in [-0.39, 0.29) is 0 Å². The maximum absolute atomic E-state index is 5.39. The molecule has 6 nitrogen and oxygen atoms in total. The van der Waals surface area contributed by atoms with Gasteiger partial charge in [-0.15, -0.1) is 0 Å². The van der Waals surface area contributed by atoms with Gasteiger partial charge >= 0.3 is 0 Å². The average molecular weight is 240 g/mol. The van der Waals surface area contributed by atoms with Crippen LogP contribution in [0.3, 0.4) is 0 Å². The molecule has 1 aromatic carbocycles. The van der Waals surface area contributed by atoms with Gasteiger partial charge in [-0.05, 0) is 19.1 Å². The molecule has 6 heteroatoms. The monoisotopic (exact) mass is 240 g/mol. The molecule has 0 fully saturated rings. The molecule has 0 amide bonds. The second-order valence-electron chi connectivity index (χ2n) is 3.91. The molecular formula is C12H12N6. The topological polar surface area (TPSA) is 81.6 Å². The number of rotatable bonds is 2. The first-order valence-electron chi connectivity index (χ1n) is 5.53. The van der Waals surface area contributed by atoms with Crippen LogP contribution in [0.1, 0.15) is 5.82 Å². The van der Waals surface area contributed by atoms with Crippen LogP contribution in [0.25, 0.3) is 16.9 Å². The Morgan fingerprint density at radius 1 is 1.22 bits per heavy atom. The number of benzene rings is 1. The van der Waals surface area contributed by atoms with Crippen LogP contribution in [-0.2, 0) is 0 Å². The van der Waals surface area contributed by atoms with Crippen molar-refractivity contribution in [3.63, 3.8) is 0 Å². The summed E-state index contributed by atoms with van der Waals surface area (Å²) in [6.07, 6.45) is 1.74. The highest BCUT2D eigenvalue weighted by atomic mass is 15.3. The van der Waals surface area contributed by atoms with Gasteiger partial charge in [0.05, 0.1) is 11.0 Å². The summed E-state index contributed by atoms with van der Waals surface area (Å²) in [6.45, 7) is 1.82. The minimum absolute atomic E-state index is 0.579. The standard InChI is InChI=1S/C12H12N6/c1-8-15-11(17-13)6-12(16-8)18-7-14-9-4-2-3-5-10(9)18/h2-7H,13H2,1H3,(H,15,16,17). The normalized spacial score (nSPS) is 10.8. The van der Waals surface area contributed by atoms with Gasteiger partial charge in [-0.2, -0.15) is 0 Å². The molecule has 0 saturated carbocycles. The predicted octanol–water partition coefficient (Wildman–Crippen LogP) is 1.41. The summed E-state index contributed by atoms with van der Waals surface area (Å²) in [5, 5.41) is 0. The minimum Gasteiger partial charge on any atom is -0.308 e. The summed E-state index contributed by atoms with van der Waals surface area (Å²) < 4.78 is 1.91. The van der Waals surface area contributed by atoms with E-state index in [4.69, 9.17) is 5.84 Å². The Hall–Kier alpha value is -2.47. The van der Waals surface area contributed by atoms with Crippen molar-refractivity contribution in [3.8, 4) is 5.82 Å². The van der Waals surface area contributed by atoms with Crippen molar-refractivity contribution in [3.05, 3.63) is 42.5 Å². The summed E-state index contributed by atoms with van der Waals surface area (Å²) in [5.74, 6) is 7.36. The van der Waals surface area contributed by atoms with Crippen LogP contribution in [0.2, 0.25) is 0 Å². The fraction of sp³-hybridized carbons (Fsp3) is 0.0833. The highest BCUT2D eigenvalue weighted by Gasteiger charge is 2.07. The third-order valence-electron chi connectivity index (χ3n) is 2.67. The first kappa shape index (κ1) is 10.7. The fourth-order valence-electron chi connectivity index (χ4n) is 1.89. The van der Waals surface area contributed by atoms with Gasteiger partial charge in [0, 0.05) is 6.07 Å². The molecule has 3 rings (SSSR count). The molecular weight excluding hydrogens is 228 g/mol. The lowest BCUT2D eigenvalue weighted by molar-refractivity contribution is 0.952. The van der Waals surface area contributed by atoms with Crippen LogP contribution in [0, 0.1) is 6.92 Å². The lowest BCUT2D eigenvalue weighted by Crippen LogP contribution is -2.11. The number of aryl methyl sites for hydroxylation is 1. The van der Waals surface area contributed by atoms with Crippen LogP contribution in [0.15, 0.2) is 36.7 Å². The van der Waals surface area contributed by atoms with Gasteiger partial charge in [0.1, 0.15) is 23.8 Å². The Kier molecular flexibility index (Phi) is 2.42. The van der Waals surface area contributed by atoms with Crippen LogP contribution >= 0.6 is 0 Å². The van der Waals surface area contributed by atoms with Crippen molar-refractivity contribution in [2.45, 2.75) is 6.92 Å². The first-order valence-corrected chi connectivity index (χ1v) is 5.53. The number of nitrogens with one attached hydrogen (secondary N) is 1. The van der Waals surface area contributed by atoms with Gasteiger partial charge < -0.3 is 5.43 Å². The molecule has 0 spiro atoms. The average Bonchev–Trinajstić information content (AvgIpc) is 2.81. The Bertz CT molecular complexity index is 703. The van der Waals surface area contributed by atoms with E-state index in [0.29, 0.717) is 11.6 Å². The minimum atomic E-state index is 0.579. The molecule has 3 N–H and O–H groups in total. The Labute approximate surface area is 103 Å². The Morgan fingerprint density at radius 2 is 2.06 bits per heavy atom. The summed E-state index contributed by atoms with van der Waals surface area (Å²) >= 11 is 0. The van der Waals surface area contributed by atoms with Gasteiger partial charge in [-0.1, -0.05) is 12.1 Å². The number of anilines is 1. The highest BCUT2D eigenvalue weighted by Crippen LogP contribution is 2.17. The SMILES string of the molecule is Cc1nc(NN)cc(-n2cnc3ccccc32)n1. The number of para-hydroxylation sites is 2. The van der Waals surface area contributed by atoms with Crippen molar-refractivity contribution in [2.75, 3.05) is 5.43 Å². The zero-order chi connectivity index (χ0) is 12.5. The van der Waals surface area contributed by atoms with Crippen LogP contribution < -0.4 is 11.3 Å². The number of fused-ring (bicyclic) bond motifs is 1. The van der Waals surface area contributed by atoms with E-state index in [1.165, 1.54) is 0 Å². The third-order valence-corrected chi connectivity index (χ3v) is 2.67. The van der Waals surface area contributed by atoms with E-state index in [2.05, 4.69) is 20.4 Å². The zero-order valence-corrected chi connectivity index (χ0v) is 9.83. The number of nitrogen functional groups attached to an aromatic ring is 1. The molecule has 2 heterocycles. The molecule has 3 aromatic rings. The van der Waals surface area contributed by atoms with Gasteiger partial charge in [-0.25, -0.2) is 20.8 Å². The smallest absolute Gasteiger partial charge is 0.145 e. The number of hydrogen-bond acceptors (Lipinski definition) is 5. The third kappa shape index (κ3) is 1.68. The lowest BCUT2D eigenvalue weighted by Gasteiger charge is -2.06. The summed E-state index contributed by atoms with van der Waals surface area (Å²) in [7, 11) is 0. The number of aromatic nitrogens is 4. The first-order chi connectivity index (χ1) is 8.78. The molecule has 0 saturated heterocycles. The fourth-order valence-corrected chi connectivity index (χ4v) is 1.89. The van der Waals surface area contributed by atoms with Gasteiger partial charge in [-0.3, -0.25) is 4.57 Å². The van der Waals surface area contributed by atoms with Crippen molar-refractivity contribution in [1.29, 1.82) is 0 Å². The van der Waals surface area contributed by atoms with E-state index in [1.54, 1.807) is 12.4 Å². The molecule has 0 aliphatic carbocycles. The summed E-state index contributed by atoms with van der Waals surface area (Å²) in [4.78, 5) is 12.9. The molecule has 0 aliphatic rings. The Balaban J connectivity index is 2.22. The van der Waals surface area contributed by atoms with E-state index >= 15 is 0 Å². The number of hydrazine groups is 1. The number of hydrogen-bond donors (Lipinski definition) is 2. The van der Waals surface area contributed by atoms with E-state index < -0.39 is 0 Å². The predicted molar refractivity (Wildman–Crippen MR) is 69.2 cm³/mol. The summed E-state index contributed by atoms with van der Waals surface area (Å²) in [6, 6.07) is 9.66. The van der Waals surface area contributed by atoms with Crippen molar-refractivity contribution in [2.24, 2.45) is 5.84 Å². The molecule has 0 aliphatic heterocycles. The maximum atomic E-state index is 5.39. The molecule has 0 bridgehead atoms. The molecule has 0 atom stereocenters. The summed E-state index contributed by atoms with van der Waals surface area (Å²) in [5.41, 5.74) is 4.46. The second kappa shape index (κ2) is 4.08. The quantitative estimate of drug-likeness (QED) is 0.523. The van der Waals surface area contributed by atoms with Gasteiger partial charge in [0.15, 0.2) is 0 Å². The largest absolute Gasteiger partial charge is 0.308 e.